The van der Waals surface area contributed by atoms with E-state index in [9.17, 15) is 0 Å². The molecule has 1 aromatic carbocycles. The molecule has 6 heteroatoms. The number of aromatic nitrogens is 2. The zero-order valence-electron chi connectivity index (χ0n) is 9.42. The van der Waals surface area contributed by atoms with E-state index in [-0.39, 0.29) is 6.61 Å². The number of benzene rings is 1. The van der Waals surface area contributed by atoms with E-state index in [4.69, 9.17) is 19.7 Å². The number of hydrogen-bond acceptors (Lipinski definition) is 6. The minimum absolute atomic E-state index is 0.208. The van der Waals surface area contributed by atoms with Gasteiger partial charge in [0, 0.05) is 18.9 Å². The lowest BCUT2D eigenvalue weighted by Crippen LogP contribution is -1.97. The first-order valence-corrected chi connectivity index (χ1v) is 5.06. The molecule has 0 bridgehead atoms. The van der Waals surface area contributed by atoms with Gasteiger partial charge in [-0.2, -0.15) is 4.98 Å². The molecule has 0 unspecified atom stereocenters. The van der Waals surface area contributed by atoms with E-state index in [2.05, 4.69) is 10.1 Å². The van der Waals surface area contributed by atoms with Gasteiger partial charge in [-0.1, -0.05) is 11.2 Å². The van der Waals surface area contributed by atoms with Crippen molar-refractivity contribution < 1.29 is 14.0 Å². The van der Waals surface area contributed by atoms with Crippen molar-refractivity contribution in [2.75, 3.05) is 12.8 Å². The number of anilines is 1. The quantitative estimate of drug-likeness (QED) is 0.788. The van der Waals surface area contributed by atoms with Crippen molar-refractivity contribution in [3.8, 4) is 5.75 Å². The van der Waals surface area contributed by atoms with Crippen LogP contribution in [0.2, 0.25) is 0 Å². The summed E-state index contributed by atoms with van der Waals surface area (Å²) in [5, 5.41) is 3.72. The Hall–Kier alpha value is -2.08. The van der Waals surface area contributed by atoms with E-state index >= 15 is 0 Å². The summed E-state index contributed by atoms with van der Waals surface area (Å²) < 4.78 is 15.3. The van der Waals surface area contributed by atoms with Gasteiger partial charge in [-0.3, -0.25) is 0 Å². The van der Waals surface area contributed by atoms with Gasteiger partial charge in [-0.15, -0.1) is 0 Å². The van der Waals surface area contributed by atoms with Crippen LogP contribution in [0, 0.1) is 0 Å². The Bertz CT molecular complexity index is 484. The van der Waals surface area contributed by atoms with E-state index in [0.717, 1.165) is 0 Å². The molecule has 0 aliphatic carbocycles. The Balaban J connectivity index is 1.93. The van der Waals surface area contributed by atoms with E-state index < -0.39 is 0 Å². The number of methoxy groups -OCH3 is 1. The summed E-state index contributed by atoms with van der Waals surface area (Å²) in [5.74, 6) is 1.56. The SMILES string of the molecule is COCc1noc(COc2cccc(N)c2)n1. The average Bonchev–Trinajstić information content (AvgIpc) is 2.75. The van der Waals surface area contributed by atoms with E-state index in [1.54, 1.807) is 19.2 Å². The molecule has 0 saturated heterocycles. The lowest BCUT2D eigenvalue weighted by Gasteiger charge is -2.02. The number of ether oxygens (including phenoxy) is 2. The highest BCUT2D eigenvalue weighted by molar-refractivity contribution is 5.43. The van der Waals surface area contributed by atoms with Gasteiger partial charge in [0.1, 0.15) is 12.4 Å². The topological polar surface area (TPSA) is 83.4 Å². The molecule has 0 aliphatic rings. The summed E-state index contributed by atoms with van der Waals surface area (Å²) in [5.41, 5.74) is 6.27. The molecule has 1 aromatic heterocycles. The van der Waals surface area contributed by atoms with Crippen LogP contribution in [0.1, 0.15) is 11.7 Å². The number of nitrogen functional groups attached to an aromatic ring is 1. The third kappa shape index (κ3) is 3.18. The molecule has 2 N–H and O–H groups in total. The number of hydrogen-bond donors (Lipinski definition) is 1. The number of nitrogens with zero attached hydrogens (tertiary/aromatic N) is 2. The molecule has 1 heterocycles. The molecule has 0 amide bonds. The van der Waals surface area contributed by atoms with Gasteiger partial charge < -0.3 is 19.7 Å². The number of nitrogens with two attached hydrogens (primary N) is 1. The molecule has 2 rings (SSSR count). The fourth-order valence-electron chi connectivity index (χ4n) is 1.29. The highest BCUT2D eigenvalue weighted by atomic mass is 16.5. The Kier molecular flexibility index (Phi) is 3.56. The van der Waals surface area contributed by atoms with Crippen LogP contribution in [0.4, 0.5) is 5.69 Å². The zero-order valence-corrected chi connectivity index (χ0v) is 9.42. The van der Waals surface area contributed by atoms with E-state index in [1.165, 1.54) is 0 Å². The van der Waals surface area contributed by atoms with Crippen molar-refractivity contribution in [3.63, 3.8) is 0 Å². The van der Waals surface area contributed by atoms with Crippen molar-refractivity contribution in [2.45, 2.75) is 13.2 Å². The lowest BCUT2D eigenvalue weighted by atomic mass is 10.3. The van der Waals surface area contributed by atoms with Crippen LogP contribution in [-0.4, -0.2) is 17.3 Å². The van der Waals surface area contributed by atoms with Gasteiger partial charge in [-0.25, -0.2) is 0 Å². The van der Waals surface area contributed by atoms with Crippen LogP contribution >= 0.6 is 0 Å². The molecule has 0 fully saturated rings. The second kappa shape index (κ2) is 5.31. The Morgan fingerprint density at radius 2 is 2.24 bits per heavy atom. The minimum atomic E-state index is 0.208. The maximum atomic E-state index is 5.62. The van der Waals surface area contributed by atoms with Crippen LogP contribution in [0.15, 0.2) is 28.8 Å². The largest absolute Gasteiger partial charge is 0.484 e. The summed E-state index contributed by atoms with van der Waals surface area (Å²) in [7, 11) is 1.57. The zero-order chi connectivity index (χ0) is 12.1. The molecule has 0 spiro atoms. The van der Waals surface area contributed by atoms with Crippen molar-refractivity contribution in [1.82, 2.24) is 10.1 Å². The maximum absolute atomic E-state index is 5.62. The van der Waals surface area contributed by atoms with Gasteiger partial charge in [0.05, 0.1) is 0 Å². The minimum Gasteiger partial charge on any atom is -0.484 e. The molecule has 90 valence electrons. The fraction of sp³-hybridized carbons (Fsp3) is 0.273. The average molecular weight is 235 g/mol. The van der Waals surface area contributed by atoms with Gasteiger partial charge in [0.25, 0.3) is 5.89 Å². The number of rotatable bonds is 5. The Labute approximate surface area is 98.3 Å². The van der Waals surface area contributed by atoms with Crippen LogP contribution in [0.25, 0.3) is 0 Å². The first-order valence-electron chi connectivity index (χ1n) is 5.06. The molecular formula is C11H13N3O3. The molecule has 0 saturated carbocycles. The summed E-state index contributed by atoms with van der Waals surface area (Å²) in [6, 6.07) is 7.14. The third-order valence-electron chi connectivity index (χ3n) is 2.00. The molecular weight excluding hydrogens is 222 g/mol. The van der Waals surface area contributed by atoms with Crippen molar-refractivity contribution in [3.05, 3.63) is 36.0 Å². The maximum Gasteiger partial charge on any atom is 0.264 e. The monoisotopic (exact) mass is 235 g/mol. The summed E-state index contributed by atoms with van der Waals surface area (Å²) >= 11 is 0. The van der Waals surface area contributed by atoms with Crippen LogP contribution < -0.4 is 10.5 Å². The predicted octanol–water partition coefficient (Wildman–Crippen LogP) is 1.38. The summed E-state index contributed by atoms with van der Waals surface area (Å²) in [6.07, 6.45) is 0. The van der Waals surface area contributed by atoms with Crippen LogP contribution in [0.3, 0.4) is 0 Å². The lowest BCUT2D eigenvalue weighted by molar-refractivity contribution is 0.174. The summed E-state index contributed by atoms with van der Waals surface area (Å²) in [4.78, 5) is 4.08. The van der Waals surface area contributed by atoms with Crippen LogP contribution in [-0.2, 0) is 18.0 Å². The highest BCUT2D eigenvalue weighted by Gasteiger charge is 2.06. The molecule has 2 aromatic rings. The fourth-order valence-corrected chi connectivity index (χ4v) is 1.29. The van der Waals surface area contributed by atoms with Gasteiger partial charge >= 0.3 is 0 Å². The van der Waals surface area contributed by atoms with E-state index in [1.807, 2.05) is 12.1 Å². The van der Waals surface area contributed by atoms with E-state index in [0.29, 0.717) is 29.8 Å². The first-order chi connectivity index (χ1) is 8.28. The molecule has 6 nitrogen and oxygen atoms in total. The highest BCUT2D eigenvalue weighted by Crippen LogP contribution is 2.15. The van der Waals surface area contributed by atoms with Crippen molar-refractivity contribution >= 4 is 5.69 Å². The first kappa shape index (κ1) is 11.4. The Morgan fingerprint density at radius 1 is 1.35 bits per heavy atom. The van der Waals surface area contributed by atoms with Crippen molar-refractivity contribution in [1.29, 1.82) is 0 Å². The smallest absolute Gasteiger partial charge is 0.264 e. The molecule has 0 radical (unpaired) electrons. The normalized spacial score (nSPS) is 10.4. The third-order valence-corrected chi connectivity index (χ3v) is 2.00. The predicted molar refractivity (Wildman–Crippen MR) is 60.2 cm³/mol. The molecule has 17 heavy (non-hydrogen) atoms. The second-order valence-electron chi connectivity index (χ2n) is 3.40. The van der Waals surface area contributed by atoms with Crippen molar-refractivity contribution in [2.24, 2.45) is 0 Å². The standard InChI is InChI=1S/C11H13N3O3/c1-15-6-10-13-11(17-14-10)7-16-9-4-2-3-8(12)5-9/h2-5H,6-7,12H2,1H3. The van der Waals surface area contributed by atoms with Gasteiger partial charge in [-0.05, 0) is 12.1 Å². The molecule has 0 aliphatic heterocycles. The van der Waals surface area contributed by atoms with Crippen LogP contribution in [0.5, 0.6) is 5.75 Å². The van der Waals surface area contributed by atoms with Gasteiger partial charge in [0.2, 0.25) is 0 Å². The summed E-state index contributed by atoms with van der Waals surface area (Å²) in [6.45, 7) is 0.530. The Morgan fingerprint density at radius 3 is 3.00 bits per heavy atom. The molecule has 0 atom stereocenters. The second-order valence-corrected chi connectivity index (χ2v) is 3.40. The van der Waals surface area contributed by atoms with Gasteiger partial charge in [0.15, 0.2) is 12.4 Å².